The van der Waals surface area contributed by atoms with Crippen LogP contribution in [0.25, 0.3) is 0 Å². The molecule has 1 aliphatic heterocycles. The van der Waals surface area contributed by atoms with Gasteiger partial charge in [0, 0.05) is 25.3 Å². The fraction of sp³-hybridized carbons (Fsp3) is 0.312. The largest absolute Gasteiger partial charge is 0.432 e. The Bertz CT molecular complexity index is 618. The Kier molecular flexibility index (Phi) is 3.84. The maximum absolute atomic E-state index is 9.96. The van der Waals surface area contributed by atoms with Gasteiger partial charge in [0.05, 0.1) is 5.69 Å². The highest BCUT2D eigenvalue weighted by atomic mass is 16.2. The third kappa shape index (κ3) is 2.88. The lowest BCUT2D eigenvalue weighted by molar-refractivity contribution is 0.564. The van der Waals surface area contributed by atoms with Crippen LogP contribution in [0.3, 0.4) is 0 Å². The monoisotopic (exact) mass is 281 g/mol. The molecular weight excluding hydrogens is 261 g/mol. The number of hydrogen-bond acceptors (Lipinski definition) is 4. The first-order valence-corrected chi connectivity index (χ1v) is 7.36. The molecule has 0 saturated carbocycles. The molecule has 0 saturated heterocycles. The third-order valence-corrected chi connectivity index (χ3v) is 3.88. The van der Waals surface area contributed by atoms with Gasteiger partial charge >= 0.3 is 7.05 Å². The van der Waals surface area contributed by atoms with Crippen molar-refractivity contribution in [1.82, 2.24) is 4.98 Å². The van der Waals surface area contributed by atoms with Gasteiger partial charge in [-0.05, 0) is 31.4 Å². The molecule has 1 aromatic carbocycles. The van der Waals surface area contributed by atoms with Crippen LogP contribution in [0.2, 0.25) is 6.82 Å². The lowest BCUT2D eigenvalue weighted by Crippen LogP contribution is -2.47. The minimum absolute atomic E-state index is 0.517. The molecule has 3 rings (SSSR count). The molecule has 21 heavy (non-hydrogen) atoms. The number of nitrogens with zero attached hydrogens (tertiary/aromatic N) is 3. The second kappa shape index (κ2) is 5.78. The summed E-state index contributed by atoms with van der Waals surface area (Å²) in [4.78, 5) is 8.92. The van der Waals surface area contributed by atoms with Gasteiger partial charge < -0.3 is 14.7 Å². The Morgan fingerprint density at radius 2 is 1.90 bits per heavy atom. The average molecular weight is 281 g/mol. The topological polar surface area (TPSA) is 39.6 Å². The van der Waals surface area contributed by atoms with Crippen molar-refractivity contribution < 1.29 is 5.02 Å². The van der Waals surface area contributed by atoms with E-state index in [0.717, 1.165) is 36.8 Å². The molecule has 2 heterocycles. The van der Waals surface area contributed by atoms with Crippen LogP contribution >= 0.6 is 0 Å². The van der Waals surface area contributed by atoms with E-state index in [-0.39, 0.29) is 0 Å². The van der Waals surface area contributed by atoms with Crippen LogP contribution in [0, 0.1) is 6.92 Å². The molecule has 0 spiro atoms. The second-order valence-electron chi connectivity index (χ2n) is 5.53. The van der Waals surface area contributed by atoms with Crippen LogP contribution < -0.4 is 9.71 Å². The summed E-state index contributed by atoms with van der Waals surface area (Å²) in [7, 11) is -0.517. The van der Waals surface area contributed by atoms with Crippen molar-refractivity contribution in [2.24, 2.45) is 0 Å². The first-order valence-electron chi connectivity index (χ1n) is 7.36. The minimum atomic E-state index is -0.517. The molecule has 1 aliphatic rings. The molecule has 0 unspecified atom stereocenters. The number of benzene rings is 1. The predicted octanol–water partition coefficient (Wildman–Crippen LogP) is 2.33. The summed E-state index contributed by atoms with van der Waals surface area (Å²) < 4.78 is 0. The number of anilines is 2. The zero-order chi connectivity index (χ0) is 14.8. The highest BCUT2D eigenvalue weighted by molar-refractivity contribution is 6.54. The first-order chi connectivity index (χ1) is 10.1. The molecule has 108 valence electrons. The second-order valence-corrected chi connectivity index (χ2v) is 5.53. The van der Waals surface area contributed by atoms with Gasteiger partial charge in [-0.2, -0.15) is 0 Å². The summed E-state index contributed by atoms with van der Waals surface area (Å²) in [6, 6.07) is 14.6. The van der Waals surface area contributed by atoms with Crippen molar-refractivity contribution in [2.75, 3.05) is 22.8 Å². The van der Waals surface area contributed by atoms with Crippen molar-refractivity contribution in [3.8, 4) is 0 Å². The van der Waals surface area contributed by atoms with Crippen molar-refractivity contribution in [3.63, 3.8) is 0 Å². The molecule has 0 amide bonds. The SMILES string of the molecule is CB(O)N1CCN(Cc2ccccc2)c2ccc(C)nc21. The van der Waals surface area contributed by atoms with E-state index >= 15 is 0 Å². The Hall–Kier alpha value is -2.01. The van der Waals surface area contributed by atoms with Gasteiger partial charge in [-0.1, -0.05) is 30.3 Å². The third-order valence-electron chi connectivity index (χ3n) is 3.88. The first kappa shape index (κ1) is 14.0. The summed E-state index contributed by atoms with van der Waals surface area (Å²) >= 11 is 0. The summed E-state index contributed by atoms with van der Waals surface area (Å²) in [6.45, 7) is 6.31. The molecule has 2 aromatic rings. The molecule has 4 nitrogen and oxygen atoms in total. The van der Waals surface area contributed by atoms with Crippen LogP contribution in [-0.2, 0) is 6.54 Å². The zero-order valence-electron chi connectivity index (χ0n) is 12.5. The minimum Gasteiger partial charge on any atom is -0.432 e. The van der Waals surface area contributed by atoms with Crippen LogP contribution in [-0.4, -0.2) is 30.1 Å². The molecule has 0 fully saturated rings. The van der Waals surface area contributed by atoms with E-state index in [2.05, 4.69) is 40.2 Å². The van der Waals surface area contributed by atoms with E-state index < -0.39 is 7.05 Å². The van der Waals surface area contributed by atoms with Gasteiger partial charge in [0.2, 0.25) is 0 Å². The fourth-order valence-corrected chi connectivity index (χ4v) is 2.78. The van der Waals surface area contributed by atoms with Crippen molar-refractivity contribution in [2.45, 2.75) is 20.3 Å². The Balaban J connectivity index is 1.93. The number of aromatic nitrogens is 1. The van der Waals surface area contributed by atoms with E-state index in [0.29, 0.717) is 0 Å². The number of hydrogen-bond donors (Lipinski definition) is 1. The molecule has 1 N–H and O–H groups in total. The van der Waals surface area contributed by atoms with Crippen molar-refractivity contribution in [1.29, 1.82) is 0 Å². The maximum Gasteiger partial charge on any atom is 0.410 e. The van der Waals surface area contributed by atoms with E-state index in [4.69, 9.17) is 0 Å². The zero-order valence-corrected chi connectivity index (χ0v) is 12.5. The Morgan fingerprint density at radius 3 is 2.62 bits per heavy atom. The Morgan fingerprint density at radius 1 is 1.14 bits per heavy atom. The van der Waals surface area contributed by atoms with Gasteiger partial charge in [-0.15, -0.1) is 0 Å². The van der Waals surface area contributed by atoms with E-state index in [9.17, 15) is 5.02 Å². The summed E-state index contributed by atoms with van der Waals surface area (Å²) in [5.41, 5.74) is 3.35. The van der Waals surface area contributed by atoms with Crippen LogP contribution in [0.1, 0.15) is 11.3 Å². The van der Waals surface area contributed by atoms with E-state index in [1.807, 2.05) is 23.9 Å². The quantitative estimate of drug-likeness (QED) is 0.876. The number of fused-ring (bicyclic) bond motifs is 1. The van der Waals surface area contributed by atoms with Gasteiger partial charge in [-0.3, -0.25) is 0 Å². The van der Waals surface area contributed by atoms with Crippen LogP contribution in [0.5, 0.6) is 0 Å². The molecule has 0 bridgehead atoms. The summed E-state index contributed by atoms with van der Waals surface area (Å²) in [6.07, 6.45) is 0. The van der Waals surface area contributed by atoms with Gasteiger partial charge in [0.15, 0.2) is 0 Å². The smallest absolute Gasteiger partial charge is 0.410 e. The molecule has 1 aromatic heterocycles. The number of rotatable bonds is 3. The Labute approximate surface area is 126 Å². The lowest BCUT2D eigenvalue weighted by Gasteiger charge is -2.38. The van der Waals surface area contributed by atoms with Crippen LogP contribution in [0.15, 0.2) is 42.5 Å². The lowest BCUT2D eigenvalue weighted by atomic mass is 9.84. The molecule has 0 atom stereocenters. The standard InChI is InChI=1S/C16H20BN3O/c1-13-8-9-15-16(18-13)20(17(2)21)11-10-19(15)12-14-6-4-3-5-7-14/h3-9,21H,10-12H2,1-2H3. The van der Waals surface area contributed by atoms with Crippen LogP contribution in [0.4, 0.5) is 11.5 Å². The molecule has 0 aliphatic carbocycles. The fourth-order valence-electron chi connectivity index (χ4n) is 2.78. The van der Waals surface area contributed by atoms with Crippen molar-refractivity contribution in [3.05, 3.63) is 53.7 Å². The van der Waals surface area contributed by atoms with Gasteiger partial charge in [-0.25, -0.2) is 4.98 Å². The summed E-state index contributed by atoms with van der Waals surface area (Å²) in [5.74, 6) is 0.882. The van der Waals surface area contributed by atoms with E-state index in [1.165, 1.54) is 5.56 Å². The van der Waals surface area contributed by atoms with E-state index in [1.54, 1.807) is 6.82 Å². The summed E-state index contributed by atoms with van der Waals surface area (Å²) in [5, 5.41) is 9.96. The number of aryl methyl sites for hydroxylation is 1. The molecular formula is C16H20BN3O. The highest BCUT2D eigenvalue weighted by Crippen LogP contribution is 2.32. The van der Waals surface area contributed by atoms with Gasteiger partial charge in [0.1, 0.15) is 5.82 Å². The predicted molar refractivity (Wildman–Crippen MR) is 87.6 cm³/mol. The highest BCUT2D eigenvalue weighted by Gasteiger charge is 2.28. The van der Waals surface area contributed by atoms with Crippen molar-refractivity contribution >= 4 is 18.6 Å². The normalized spacial score (nSPS) is 14.0. The average Bonchev–Trinajstić information content (AvgIpc) is 2.48. The van der Waals surface area contributed by atoms with Gasteiger partial charge in [0.25, 0.3) is 0 Å². The molecule has 0 radical (unpaired) electrons. The molecule has 5 heteroatoms. The number of pyridine rings is 1. The maximum atomic E-state index is 9.96.